The lowest BCUT2D eigenvalue weighted by molar-refractivity contribution is 0.624. The Hall–Kier alpha value is -6.78. The van der Waals surface area contributed by atoms with E-state index in [4.69, 9.17) is 13.3 Å². The van der Waals surface area contributed by atoms with E-state index in [2.05, 4.69) is 151 Å². The number of anilines is 3. The first-order valence-corrected chi connectivity index (χ1v) is 17.2. The van der Waals surface area contributed by atoms with Crippen molar-refractivity contribution in [1.29, 1.82) is 0 Å². The molecule has 51 heavy (non-hydrogen) atoms. The molecule has 4 nitrogen and oxygen atoms in total. The van der Waals surface area contributed by atoms with Crippen LogP contribution in [0.15, 0.2) is 183 Å². The third kappa shape index (κ3) is 4.92. The van der Waals surface area contributed by atoms with Gasteiger partial charge in [0.15, 0.2) is 0 Å². The third-order valence-corrected chi connectivity index (χ3v) is 9.75. The van der Waals surface area contributed by atoms with E-state index >= 15 is 0 Å². The lowest BCUT2D eigenvalue weighted by atomic mass is 10.0. The summed E-state index contributed by atoms with van der Waals surface area (Å²) in [5.74, 6) is 2.40. The highest BCUT2D eigenvalue weighted by Crippen LogP contribution is 2.46. The second kappa shape index (κ2) is 11.7. The van der Waals surface area contributed by atoms with E-state index in [-0.39, 0.29) is 0 Å². The monoisotopic (exact) mass is 657 g/mol. The van der Waals surface area contributed by atoms with Crippen molar-refractivity contribution in [2.45, 2.75) is 6.92 Å². The zero-order chi connectivity index (χ0) is 33.9. The van der Waals surface area contributed by atoms with Crippen LogP contribution in [0.1, 0.15) is 5.56 Å². The maximum atomic E-state index is 6.79. The number of fused-ring (bicyclic) bond motifs is 8. The molecule has 4 heteroatoms. The number of aryl methyl sites for hydroxylation is 1. The Kier molecular flexibility index (Phi) is 6.68. The standard InChI is InChI=1S/C47H31NO3/c1-30-17-19-32(20-18-30)41-27-34-23-26-38-39-28-42(33-21-24-37(25-22-33)48(35-13-7-3-8-14-35)36-15-9-4-10-16-36)50-46(39)40-29-43(31-11-5-2-6-12-31)51-47(40)44(38)45(34)49-41/h2-29H,1H3. The number of benzene rings is 7. The van der Waals surface area contributed by atoms with Crippen LogP contribution in [0.4, 0.5) is 17.1 Å². The van der Waals surface area contributed by atoms with Crippen molar-refractivity contribution in [1.82, 2.24) is 0 Å². The first-order valence-electron chi connectivity index (χ1n) is 17.2. The summed E-state index contributed by atoms with van der Waals surface area (Å²) < 4.78 is 20.2. The Bertz CT molecular complexity index is 2790. The van der Waals surface area contributed by atoms with E-state index in [1.807, 2.05) is 30.3 Å². The second-order valence-electron chi connectivity index (χ2n) is 13.0. The predicted octanol–water partition coefficient (Wildman–Crippen LogP) is 13.9. The summed E-state index contributed by atoms with van der Waals surface area (Å²) in [7, 11) is 0. The zero-order valence-electron chi connectivity index (χ0n) is 27.8. The summed E-state index contributed by atoms with van der Waals surface area (Å²) in [6.45, 7) is 2.09. The van der Waals surface area contributed by atoms with Gasteiger partial charge in [-0.2, -0.15) is 0 Å². The zero-order valence-corrected chi connectivity index (χ0v) is 27.8. The van der Waals surface area contributed by atoms with Crippen molar-refractivity contribution in [2.24, 2.45) is 0 Å². The van der Waals surface area contributed by atoms with Gasteiger partial charge < -0.3 is 18.2 Å². The number of hydrogen-bond acceptors (Lipinski definition) is 4. The van der Waals surface area contributed by atoms with Gasteiger partial charge in [0.05, 0.1) is 10.8 Å². The number of hydrogen-bond donors (Lipinski definition) is 0. The molecule has 10 rings (SSSR count). The average Bonchev–Trinajstić information content (AvgIpc) is 3.94. The topological polar surface area (TPSA) is 42.7 Å². The molecule has 0 unspecified atom stereocenters. The van der Waals surface area contributed by atoms with Gasteiger partial charge in [-0.25, -0.2) is 0 Å². The summed E-state index contributed by atoms with van der Waals surface area (Å²) in [4.78, 5) is 2.26. The van der Waals surface area contributed by atoms with Gasteiger partial charge in [0.2, 0.25) is 0 Å². The molecule has 0 amide bonds. The highest BCUT2D eigenvalue weighted by atomic mass is 16.4. The lowest BCUT2D eigenvalue weighted by Gasteiger charge is -2.25. The molecule has 0 saturated carbocycles. The molecule has 0 spiro atoms. The normalized spacial score (nSPS) is 11.6. The van der Waals surface area contributed by atoms with Gasteiger partial charge in [0, 0.05) is 49.9 Å². The molecule has 3 heterocycles. The Morgan fingerprint density at radius 3 is 1.51 bits per heavy atom. The van der Waals surface area contributed by atoms with Gasteiger partial charge in [-0.15, -0.1) is 0 Å². The predicted molar refractivity (Wildman–Crippen MR) is 209 cm³/mol. The molecule has 7 aromatic carbocycles. The highest BCUT2D eigenvalue weighted by molar-refractivity contribution is 6.29. The van der Waals surface area contributed by atoms with Gasteiger partial charge >= 0.3 is 0 Å². The molecular formula is C47H31NO3. The number of nitrogens with zero attached hydrogens (tertiary/aromatic N) is 1. The van der Waals surface area contributed by atoms with Crippen LogP contribution in [-0.4, -0.2) is 0 Å². The molecule has 0 N–H and O–H groups in total. The molecule has 10 aromatic rings. The van der Waals surface area contributed by atoms with E-state index in [1.54, 1.807) is 0 Å². The van der Waals surface area contributed by atoms with E-state index in [0.29, 0.717) is 0 Å². The Morgan fingerprint density at radius 1 is 0.373 bits per heavy atom. The van der Waals surface area contributed by atoms with Crippen LogP contribution >= 0.6 is 0 Å². The van der Waals surface area contributed by atoms with Crippen molar-refractivity contribution in [2.75, 3.05) is 4.90 Å². The molecule has 0 aliphatic rings. The molecule has 0 atom stereocenters. The SMILES string of the molecule is Cc1ccc(-c2cc3ccc4c5cc(-c6ccc(N(c7ccccc7)c7ccccc7)cc6)oc5c5cc(-c6ccccc6)oc5c4c3o2)cc1. The molecule has 0 saturated heterocycles. The summed E-state index contributed by atoms with van der Waals surface area (Å²) >= 11 is 0. The number of para-hydroxylation sites is 2. The van der Waals surface area contributed by atoms with Crippen LogP contribution in [0.5, 0.6) is 0 Å². The van der Waals surface area contributed by atoms with Gasteiger partial charge in [-0.05, 0) is 73.7 Å². The third-order valence-electron chi connectivity index (χ3n) is 9.75. The van der Waals surface area contributed by atoms with Gasteiger partial charge in [0.25, 0.3) is 0 Å². The van der Waals surface area contributed by atoms with E-state index in [0.717, 1.165) is 94.7 Å². The highest BCUT2D eigenvalue weighted by Gasteiger charge is 2.23. The van der Waals surface area contributed by atoms with Gasteiger partial charge in [-0.3, -0.25) is 0 Å². The van der Waals surface area contributed by atoms with Crippen LogP contribution in [0, 0.1) is 6.92 Å². The molecular weight excluding hydrogens is 627 g/mol. The molecule has 0 bridgehead atoms. The molecule has 0 fully saturated rings. The molecule has 0 radical (unpaired) electrons. The lowest BCUT2D eigenvalue weighted by Crippen LogP contribution is -2.09. The fraction of sp³-hybridized carbons (Fsp3) is 0.0213. The molecule has 0 aliphatic carbocycles. The average molecular weight is 658 g/mol. The minimum absolute atomic E-state index is 0.754. The van der Waals surface area contributed by atoms with Crippen molar-refractivity contribution >= 4 is 60.7 Å². The first kappa shape index (κ1) is 29.2. The van der Waals surface area contributed by atoms with Gasteiger partial charge in [0.1, 0.15) is 34.0 Å². The van der Waals surface area contributed by atoms with Crippen molar-refractivity contribution < 1.29 is 13.3 Å². The number of rotatable bonds is 6. The minimum Gasteiger partial charge on any atom is -0.455 e. The fourth-order valence-electron chi connectivity index (χ4n) is 7.21. The Morgan fingerprint density at radius 2 is 0.863 bits per heavy atom. The van der Waals surface area contributed by atoms with E-state index in [9.17, 15) is 0 Å². The van der Waals surface area contributed by atoms with Crippen LogP contribution < -0.4 is 4.90 Å². The summed E-state index contributed by atoms with van der Waals surface area (Å²) in [6.07, 6.45) is 0. The molecule has 3 aromatic heterocycles. The second-order valence-corrected chi connectivity index (χ2v) is 13.0. The largest absolute Gasteiger partial charge is 0.455 e. The van der Waals surface area contributed by atoms with Crippen LogP contribution in [0.2, 0.25) is 0 Å². The van der Waals surface area contributed by atoms with Crippen LogP contribution in [-0.2, 0) is 0 Å². The van der Waals surface area contributed by atoms with Crippen molar-refractivity contribution in [3.63, 3.8) is 0 Å². The summed E-state index contributed by atoms with van der Waals surface area (Å²) in [5.41, 5.74) is 9.85. The summed E-state index contributed by atoms with van der Waals surface area (Å²) in [6, 6.07) is 58.8. The first-order chi connectivity index (χ1) is 25.2. The van der Waals surface area contributed by atoms with Crippen molar-refractivity contribution in [3.8, 4) is 34.0 Å². The maximum absolute atomic E-state index is 6.79. The number of furan rings is 3. The van der Waals surface area contributed by atoms with Crippen LogP contribution in [0.3, 0.4) is 0 Å². The van der Waals surface area contributed by atoms with Crippen LogP contribution in [0.25, 0.3) is 77.7 Å². The quantitative estimate of drug-likeness (QED) is 0.178. The van der Waals surface area contributed by atoms with Crippen molar-refractivity contribution in [3.05, 3.63) is 175 Å². The minimum atomic E-state index is 0.754. The van der Waals surface area contributed by atoms with E-state index < -0.39 is 0 Å². The van der Waals surface area contributed by atoms with E-state index in [1.165, 1.54) is 5.56 Å². The Balaban J connectivity index is 1.16. The summed E-state index contributed by atoms with van der Waals surface area (Å²) in [5, 5.41) is 4.92. The van der Waals surface area contributed by atoms with Gasteiger partial charge in [-0.1, -0.05) is 109 Å². The molecule has 0 aliphatic heterocycles. The maximum Gasteiger partial charge on any atom is 0.150 e. The Labute approximate surface area is 294 Å². The smallest absolute Gasteiger partial charge is 0.150 e. The fourth-order valence-corrected chi connectivity index (χ4v) is 7.21. The molecule has 242 valence electrons.